The highest BCUT2D eigenvalue weighted by molar-refractivity contribution is 5.80. The van der Waals surface area contributed by atoms with E-state index in [9.17, 15) is 4.79 Å². The third-order valence-corrected chi connectivity index (χ3v) is 3.72. The first-order valence-corrected chi connectivity index (χ1v) is 5.55. The first-order valence-electron chi connectivity index (χ1n) is 5.55. The predicted octanol–water partition coefficient (Wildman–Crippen LogP) is 1.95. The van der Waals surface area contributed by atoms with E-state index in [1.165, 1.54) is 25.7 Å². The van der Waals surface area contributed by atoms with E-state index in [-0.39, 0.29) is 0 Å². The Hall–Kier alpha value is -0.530. The molecule has 1 unspecified atom stereocenters. The minimum atomic E-state index is 0.319. The fourth-order valence-corrected chi connectivity index (χ4v) is 2.75. The van der Waals surface area contributed by atoms with E-state index < -0.39 is 0 Å². The average Bonchev–Trinajstić information content (AvgIpc) is 2.53. The highest BCUT2D eigenvalue weighted by Gasteiger charge is 2.33. The monoisotopic (exact) mass is 181 g/mol. The number of carbonyl (C=O) groups is 1. The summed E-state index contributed by atoms with van der Waals surface area (Å²) in [6.45, 7) is 3.24. The first kappa shape index (κ1) is 9.04. The second-order valence-corrected chi connectivity index (χ2v) is 4.71. The second kappa shape index (κ2) is 3.69. The summed E-state index contributed by atoms with van der Waals surface area (Å²) in [5.74, 6) is 2.26. The molecule has 0 radical (unpaired) electrons. The normalized spacial score (nSPS) is 40.4. The SMILES string of the molecule is CC1CCC(C2CCNC2=O)CC1. The zero-order valence-electron chi connectivity index (χ0n) is 8.38. The Labute approximate surface area is 80.1 Å². The molecule has 13 heavy (non-hydrogen) atoms. The Bertz CT molecular complexity index is 194. The van der Waals surface area contributed by atoms with Crippen molar-refractivity contribution in [3.63, 3.8) is 0 Å². The van der Waals surface area contributed by atoms with Crippen molar-refractivity contribution in [3.05, 3.63) is 0 Å². The van der Waals surface area contributed by atoms with Crippen molar-refractivity contribution in [2.75, 3.05) is 6.54 Å². The lowest BCUT2D eigenvalue weighted by atomic mass is 9.76. The molecule has 2 rings (SSSR count). The van der Waals surface area contributed by atoms with Crippen molar-refractivity contribution in [2.45, 2.75) is 39.0 Å². The molecule has 0 aromatic rings. The lowest BCUT2D eigenvalue weighted by molar-refractivity contribution is -0.124. The van der Waals surface area contributed by atoms with Crippen molar-refractivity contribution in [1.29, 1.82) is 0 Å². The van der Waals surface area contributed by atoms with Crippen LogP contribution in [0.2, 0.25) is 0 Å². The van der Waals surface area contributed by atoms with Crippen LogP contribution in [0.25, 0.3) is 0 Å². The molecule has 2 fully saturated rings. The molecule has 1 aliphatic carbocycles. The summed E-state index contributed by atoms with van der Waals surface area (Å²) >= 11 is 0. The molecule has 1 heterocycles. The number of nitrogens with one attached hydrogen (secondary N) is 1. The maximum absolute atomic E-state index is 11.4. The molecular weight excluding hydrogens is 162 g/mol. The fraction of sp³-hybridized carbons (Fsp3) is 0.909. The molecule has 74 valence electrons. The molecule has 1 saturated carbocycles. The zero-order chi connectivity index (χ0) is 9.26. The Balaban J connectivity index is 1.90. The van der Waals surface area contributed by atoms with Crippen molar-refractivity contribution >= 4 is 5.91 Å². The summed E-state index contributed by atoms with van der Waals surface area (Å²) in [5, 5.41) is 2.94. The van der Waals surface area contributed by atoms with Gasteiger partial charge in [0.15, 0.2) is 0 Å². The molecule has 1 N–H and O–H groups in total. The minimum Gasteiger partial charge on any atom is -0.356 e. The van der Waals surface area contributed by atoms with Crippen LogP contribution in [0.1, 0.15) is 39.0 Å². The van der Waals surface area contributed by atoms with Crippen molar-refractivity contribution in [1.82, 2.24) is 5.32 Å². The Kier molecular flexibility index (Phi) is 2.56. The van der Waals surface area contributed by atoms with Crippen LogP contribution < -0.4 is 5.32 Å². The summed E-state index contributed by atoms with van der Waals surface area (Å²) in [7, 11) is 0. The largest absolute Gasteiger partial charge is 0.356 e. The number of hydrogen-bond donors (Lipinski definition) is 1. The van der Waals surface area contributed by atoms with E-state index in [0.29, 0.717) is 17.7 Å². The molecule has 0 aromatic carbocycles. The Morgan fingerprint density at radius 2 is 1.85 bits per heavy atom. The number of amides is 1. The molecule has 0 spiro atoms. The Morgan fingerprint density at radius 1 is 1.15 bits per heavy atom. The van der Waals surface area contributed by atoms with Gasteiger partial charge in [0.1, 0.15) is 0 Å². The third-order valence-electron chi connectivity index (χ3n) is 3.72. The van der Waals surface area contributed by atoms with Crippen molar-refractivity contribution in [3.8, 4) is 0 Å². The molecule has 0 aromatic heterocycles. The molecule has 1 saturated heterocycles. The lowest BCUT2D eigenvalue weighted by Crippen LogP contribution is -2.27. The van der Waals surface area contributed by atoms with E-state index in [2.05, 4.69) is 12.2 Å². The van der Waals surface area contributed by atoms with E-state index >= 15 is 0 Å². The summed E-state index contributed by atoms with van der Waals surface area (Å²) < 4.78 is 0. The highest BCUT2D eigenvalue weighted by Crippen LogP contribution is 2.35. The van der Waals surface area contributed by atoms with Gasteiger partial charge in [-0.3, -0.25) is 4.79 Å². The second-order valence-electron chi connectivity index (χ2n) is 4.71. The average molecular weight is 181 g/mol. The van der Waals surface area contributed by atoms with Crippen LogP contribution in [0.3, 0.4) is 0 Å². The molecule has 1 atom stereocenters. The summed E-state index contributed by atoms with van der Waals surface area (Å²) in [6, 6.07) is 0. The van der Waals surface area contributed by atoms with Crippen LogP contribution in [0.15, 0.2) is 0 Å². The standard InChI is InChI=1S/C11H19NO/c1-8-2-4-9(5-3-8)10-6-7-12-11(10)13/h8-10H,2-7H2,1H3,(H,12,13). The van der Waals surface area contributed by atoms with Crippen LogP contribution in [-0.2, 0) is 4.79 Å². The topological polar surface area (TPSA) is 29.1 Å². The van der Waals surface area contributed by atoms with Gasteiger partial charge in [-0.05, 0) is 31.1 Å². The smallest absolute Gasteiger partial charge is 0.223 e. The van der Waals surface area contributed by atoms with Crippen LogP contribution in [0.4, 0.5) is 0 Å². The van der Waals surface area contributed by atoms with Gasteiger partial charge < -0.3 is 5.32 Å². The van der Waals surface area contributed by atoms with E-state index in [1.807, 2.05) is 0 Å². The van der Waals surface area contributed by atoms with Crippen molar-refractivity contribution < 1.29 is 4.79 Å². The van der Waals surface area contributed by atoms with Crippen LogP contribution in [0.5, 0.6) is 0 Å². The molecular formula is C11H19NO. The van der Waals surface area contributed by atoms with Gasteiger partial charge in [-0.1, -0.05) is 19.8 Å². The maximum atomic E-state index is 11.4. The summed E-state index contributed by atoms with van der Waals surface area (Å²) in [6.07, 6.45) is 6.29. The van der Waals surface area contributed by atoms with Crippen LogP contribution in [0, 0.1) is 17.8 Å². The van der Waals surface area contributed by atoms with E-state index in [4.69, 9.17) is 0 Å². The number of rotatable bonds is 1. The molecule has 2 aliphatic rings. The fourth-order valence-electron chi connectivity index (χ4n) is 2.75. The third kappa shape index (κ3) is 1.87. The van der Waals surface area contributed by atoms with Gasteiger partial charge in [0, 0.05) is 12.5 Å². The van der Waals surface area contributed by atoms with E-state index in [1.54, 1.807) is 0 Å². The maximum Gasteiger partial charge on any atom is 0.223 e. The van der Waals surface area contributed by atoms with Gasteiger partial charge in [0.25, 0.3) is 0 Å². The van der Waals surface area contributed by atoms with Crippen molar-refractivity contribution in [2.24, 2.45) is 17.8 Å². The van der Waals surface area contributed by atoms with Crippen LogP contribution >= 0.6 is 0 Å². The molecule has 2 nitrogen and oxygen atoms in total. The molecule has 2 heteroatoms. The van der Waals surface area contributed by atoms with Crippen LogP contribution in [-0.4, -0.2) is 12.5 Å². The van der Waals surface area contributed by atoms with Gasteiger partial charge >= 0.3 is 0 Å². The summed E-state index contributed by atoms with van der Waals surface area (Å²) in [4.78, 5) is 11.4. The molecule has 0 bridgehead atoms. The van der Waals surface area contributed by atoms with E-state index in [0.717, 1.165) is 18.9 Å². The Morgan fingerprint density at radius 3 is 2.38 bits per heavy atom. The number of carbonyl (C=O) groups excluding carboxylic acids is 1. The lowest BCUT2D eigenvalue weighted by Gasteiger charge is -2.29. The molecule has 1 aliphatic heterocycles. The molecule has 1 amide bonds. The van der Waals surface area contributed by atoms with Gasteiger partial charge in [0.05, 0.1) is 0 Å². The minimum absolute atomic E-state index is 0.319. The van der Waals surface area contributed by atoms with Gasteiger partial charge in [-0.2, -0.15) is 0 Å². The van der Waals surface area contributed by atoms with Gasteiger partial charge in [-0.15, -0.1) is 0 Å². The predicted molar refractivity (Wildman–Crippen MR) is 52.2 cm³/mol. The van der Waals surface area contributed by atoms with Gasteiger partial charge in [-0.25, -0.2) is 0 Å². The quantitative estimate of drug-likeness (QED) is 0.658. The summed E-state index contributed by atoms with van der Waals surface area (Å²) in [5.41, 5.74) is 0. The zero-order valence-corrected chi connectivity index (χ0v) is 8.38. The van der Waals surface area contributed by atoms with Gasteiger partial charge in [0.2, 0.25) is 5.91 Å². The highest BCUT2D eigenvalue weighted by atomic mass is 16.2. The number of hydrogen-bond acceptors (Lipinski definition) is 1. The first-order chi connectivity index (χ1) is 6.27.